The van der Waals surface area contributed by atoms with Crippen molar-refractivity contribution in [2.45, 2.75) is 19.3 Å². The predicted octanol–water partition coefficient (Wildman–Crippen LogP) is 5.88. The Morgan fingerprint density at radius 1 is 1.00 bits per heavy atom. The second-order valence-corrected chi connectivity index (χ2v) is 8.00. The summed E-state index contributed by atoms with van der Waals surface area (Å²) in [5, 5.41) is 0.406. The van der Waals surface area contributed by atoms with Crippen molar-refractivity contribution in [1.29, 1.82) is 0 Å². The van der Waals surface area contributed by atoms with Gasteiger partial charge in [0.15, 0.2) is 0 Å². The summed E-state index contributed by atoms with van der Waals surface area (Å²) in [7, 11) is 1.54. The van der Waals surface area contributed by atoms with Crippen LogP contribution in [0, 0.1) is 5.92 Å². The van der Waals surface area contributed by atoms with Crippen molar-refractivity contribution in [3.63, 3.8) is 0 Å². The fourth-order valence-electron chi connectivity index (χ4n) is 4.00. The van der Waals surface area contributed by atoms with Crippen molar-refractivity contribution in [1.82, 2.24) is 4.57 Å². The first kappa shape index (κ1) is 23.0. The van der Waals surface area contributed by atoms with E-state index in [4.69, 9.17) is 4.74 Å². The summed E-state index contributed by atoms with van der Waals surface area (Å²) in [5.41, 5.74) is -0.563. The molecule has 4 nitrogen and oxygen atoms in total. The standard InChI is InChI=1S/C23H20F6N2O2/c1-3-33-21(32)14-10-31(11-14)17-7-13(6-16(8-17)23(27,28)29)19-12-30(2)20-9-15(22(24,25)26)4-5-18(19)20/h4-9,12,14H,3,10-11H2,1-2H3. The van der Waals surface area contributed by atoms with Gasteiger partial charge in [0.05, 0.1) is 23.7 Å². The molecule has 33 heavy (non-hydrogen) atoms. The summed E-state index contributed by atoms with van der Waals surface area (Å²) >= 11 is 0. The van der Waals surface area contributed by atoms with Gasteiger partial charge in [-0.05, 0) is 42.8 Å². The highest BCUT2D eigenvalue weighted by Crippen LogP contribution is 2.41. The van der Waals surface area contributed by atoms with Gasteiger partial charge in [-0.3, -0.25) is 4.79 Å². The van der Waals surface area contributed by atoms with E-state index < -0.39 is 35.4 Å². The highest BCUT2D eigenvalue weighted by Gasteiger charge is 2.37. The minimum Gasteiger partial charge on any atom is -0.466 e. The molecule has 0 atom stereocenters. The van der Waals surface area contributed by atoms with E-state index in [1.54, 1.807) is 24.9 Å². The molecule has 0 bridgehead atoms. The molecule has 0 N–H and O–H groups in total. The lowest BCUT2D eigenvalue weighted by atomic mass is 9.96. The van der Waals surface area contributed by atoms with E-state index in [-0.39, 0.29) is 36.5 Å². The number of esters is 1. The monoisotopic (exact) mass is 470 g/mol. The molecule has 1 aliphatic heterocycles. The van der Waals surface area contributed by atoms with Gasteiger partial charge in [-0.15, -0.1) is 0 Å². The van der Waals surface area contributed by atoms with Gasteiger partial charge in [0.1, 0.15) is 0 Å². The van der Waals surface area contributed by atoms with Gasteiger partial charge in [0.2, 0.25) is 0 Å². The second-order valence-electron chi connectivity index (χ2n) is 8.00. The molecule has 2 aromatic carbocycles. The number of alkyl halides is 6. The molecule has 3 aromatic rings. The van der Waals surface area contributed by atoms with E-state index in [1.807, 2.05) is 0 Å². The Bertz CT molecular complexity index is 1210. The molecule has 0 unspecified atom stereocenters. The third-order valence-corrected chi connectivity index (χ3v) is 5.74. The number of anilines is 1. The highest BCUT2D eigenvalue weighted by atomic mass is 19.4. The van der Waals surface area contributed by atoms with E-state index in [1.165, 1.54) is 16.8 Å². The topological polar surface area (TPSA) is 34.5 Å². The largest absolute Gasteiger partial charge is 0.466 e. The lowest BCUT2D eigenvalue weighted by molar-refractivity contribution is -0.149. The number of carbonyl (C=O) groups is 1. The number of ether oxygens (including phenoxy) is 1. The molecule has 1 saturated heterocycles. The molecule has 176 valence electrons. The first-order chi connectivity index (χ1) is 15.4. The number of hydrogen-bond acceptors (Lipinski definition) is 3. The fourth-order valence-corrected chi connectivity index (χ4v) is 4.00. The number of benzene rings is 2. The van der Waals surface area contributed by atoms with Crippen molar-refractivity contribution in [2.24, 2.45) is 13.0 Å². The van der Waals surface area contributed by atoms with Crippen LogP contribution in [0.25, 0.3) is 22.0 Å². The number of halogens is 6. The van der Waals surface area contributed by atoms with Gasteiger partial charge in [-0.2, -0.15) is 26.3 Å². The molecule has 1 aromatic heterocycles. The van der Waals surface area contributed by atoms with E-state index >= 15 is 0 Å². The van der Waals surface area contributed by atoms with Crippen LogP contribution >= 0.6 is 0 Å². The number of aryl methyl sites for hydroxylation is 1. The third kappa shape index (κ3) is 4.38. The summed E-state index contributed by atoms with van der Waals surface area (Å²) in [5.74, 6) is -0.809. The zero-order chi connectivity index (χ0) is 24.1. The van der Waals surface area contributed by atoms with Crippen molar-refractivity contribution < 1.29 is 35.9 Å². The van der Waals surface area contributed by atoms with E-state index in [0.717, 1.165) is 24.3 Å². The zero-order valence-corrected chi connectivity index (χ0v) is 17.7. The molecule has 0 aliphatic carbocycles. The maximum absolute atomic E-state index is 13.6. The number of aromatic nitrogens is 1. The number of rotatable bonds is 4. The normalized spacial score (nSPS) is 15.1. The van der Waals surface area contributed by atoms with Crippen LogP contribution in [0.5, 0.6) is 0 Å². The minimum atomic E-state index is -4.62. The lowest BCUT2D eigenvalue weighted by Crippen LogP contribution is -2.51. The SMILES string of the molecule is CCOC(=O)C1CN(c2cc(-c3cn(C)c4cc(C(F)(F)F)ccc34)cc(C(F)(F)F)c2)C1. The molecule has 0 amide bonds. The first-order valence-electron chi connectivity index (χ1n) is 10.2. The molecular weight excluding hydrogens is 450 g/mol. The van der Waals surface area contributed by atoms with Gasteiger partial charge >= 0.3 is 18.3 Å². The van der Waals surface area contributed by atoms with Crippen LogP contribution in [0.15, 0.2) is 42.6 Å². The minimum absolute atomic E-state index is 0.222. The molecule has 1 fully saturated rings. The van der Waals surface area contributed by atoms with E-state index in [0.29, 0.717) is 10.9 Å². The zero-order valence-electron chi connectivity index (χ0n) is 17.7. The van der Waals surface area contributed by atoms with Gasteiger partial charge in [0.25, 0.3) is 0 Å². The Morgan fingerprint density at radius 2 is 1.67 bits per heavy atom. The lowest BCUT2D eigenvalue weighted by Gasteiger charge is -2.39. The smallest absolute Gasteiger partial charge is 0.416 e. The highest BCUT2D eigenvalue weighted by molar-refractivity contribution is 5.97. The number of hydrogen-bond donors (Lipinski definition) is 0. The second kappa shape index (κ2) is 8.00. The average Bonchev–Trinajstić information content (AvgIpc) is 3.02. The van der Waals surface area contributed by atoms with Crippen LogP contribution in [0.1, 0.15) is 18.1 Å². The van der Waals surface area contributed by atoms with Gasteiger partial charge < -0.3 is 14.2 Å². The first-order valence-corrected chi connectivity index (χ1v) is 10.2. The Labute approximate surface area is 185 Å². The Kier molecular flexibility index (Phi) is 5.58. The molecule has 1 aliphatic rings. The fraction of sp³-hybridized carbons (Fsp3) is 0.348. The summed E-state index contributed by atoms with van der Waals surface area (Å²) in [4.78, 5) is 13.5. The Morgan fingerprint density at radius 3 is 2.27 bits per heavy atom. The van der Waals surface area contributed by atoms with Crippen LogP contribution in [0.2, 0.25) is 0 Å². The third-order valence-electron chi connectivity index (χ3n) is 5.74. The summed E-state index contributed by atoms with van der Waals surface area (Å²) in [6.07, 6.45) is -7.64. The van der Waals surface area contributed by atoms with Crippen LogP contribution in [-0.2, 0) is 28.9 Å². The molecule has 0 radical (unpaired) electrons. The van der Waals surface area contributed by atoms with Crippen LogP contribution in [0.3, 0.4) is 0 Å². The maximum atomic E-state index is 13.6. The predicted molar refractivity (Wildman–Crippen MR) is 111 cm³/mol. The van der Waals surface area contributed by atoms with E-state index in [9.17, 15) is 31.1 Å². The van der Waals surface area contributed by atoms with Crippen molar-refractivity contribution in [3.05, 3.63) is 53.7 Å². The Balaban J connectivity index is 1.76. The quantitative estimate of drug-likeness (QED) is 0.353. The molecule has 0 saturated carbocycles. The van der Waals surface area contributed by atoms with Gasteiger partial charge in [0, 0.05) is 48.5 Å². The summed E-state index contributed by atoms with van der Waals surface area (Å²) in [6, 6.07) is 6.72. The number of carbonyl (C=O) groups excluding carboxylic acids is 1. The van der Waals surface area contributed by atoms with Gasteiger partial charge in [-0.1, -0.05) is 6.07 Å². The van der Waals surface area contributed by atoms with E-state index in [2.05, 4.69) is 0 Å². The van der Waals surface area contributed by atoms with Gasteiger partial charge in [-0.25, -0.2) is 0 Å². The van der Waals surface area contributed by atoms with Crippen molar-refractivity contribution >= 4 is 22.6 Å². The maximum Gasteiger partial charge on any atom is 0.416 e. The van der Waals surface area contributed by atoms with Crippen LogP contribution < -0.4 is 4.90 Å². The summed E-state index contributed by atoms with van der Waals surface area (Å²) in [6.45, 7) is 2.35. The molecule has 0 spiro atoms. The van der Waals surface area contributed by atoms with Crippen LogP contribution in [0.4, 0.5) is 32.0 Å². The van der Waals surface area contributed by atoms with Crippen molar-refractivity contribution in [3.8, 4) is 11.1 Å². The molecular formula is C23H20F6N2O2. The summed E-state index contributed by atoms with van der Waals surface area (Å²) < 4.78 is 86.7. The molecule has 2 heterocycles. The molecule has 10 heteroatoms. The van der Waals surface area contributed by atoms with Crippen molar-refractivity contribution in [2.75, 3.05) is 24.6 Å². The van der Waals surface area contributed by atoms with Crippen LogP contribution in [-0.4, -0.2) is 30.2 Å². The number of fused-ring (bicyclic) bond motifs is 1. The molecule has 4 rings (SSSR count). The Hall–Kier alpha value is -3.17. The number of nitrogens with zero attached hydrogens (tertiary/aromatic N) is 2. The average molecular weight is 470 g/mol.